The number of carbonyl (C=O) groups excluding carboxylic acids is 3. The molecule has 1 aromatic rings. The normalized spacial score (nSPS) is 15.7. The quantitative estimate of drug-likeness (QED) is 0.669. The third-order valence-corrected chi connectivity index (χ3v) is 3.87. The highest BCUT2D eigenvalue weighted by Gasteiger charge is 2.25. The van der Waals surface area contributed by atoms with Crippen molar-refractivity contribution in [3.8, 4) is 0 Å². The first-order valence-electron chi connectivity index (χ1n) is 6.35. The lowest BCUT2D eigenvalue weighted by molar-refractivity contribution is -0.141. The molecule has 3 N–H and O–H groups in total. The summed E-state index contributed by atoms with van der Waals surface area (Å²) in [6.45, 7) is 3.28. The molecular formula is C12H16N4O3S. The van der Waals surface area contributed by atoms with Gasteiger partial charge < -0.3 is 5.32 Å². The number of imide groups is 1. The van der Waals surface area contributed by atoms with Crippen molar-refractivity contribution in [1.29, 1.82) is 0 Å². The fourth-order valence-electron chi connectivity index (χ4n) is 1.92. The SMILES string of the molecule is Cc1csc(NC(=O)C(=O)NC(=O)C2CCNCC2)n1. The summed E-state index contributed by atoms with van der Waals surface area (Å²) in [6.07, 6.45) is 1.35. The van der Waals surface area contributed by atoms with Crippen molar-refractivity contribution >= 4 is 34.2 Å². The van der Waals surface area contributed by atoms with Gasteiger partial charge in [0.15, 0.2) is 5.13 Å². The first-order valence-corrected chi connectivity index (χ1v) is 7.23. The number of nitrogens with one attached hydrogen (secondary N) is 3. The molecule has 1 aliphatic rings. The van der Waals surface area contributed by atoms with Gasteiger partial charge in [-0.05, 0) is 32.9 Å². The van der Waals surface area contributed by atoms with Gasteiger partial charge in [-0.3, -0.25) is 25.0 Å². The van der Waals surface area contributed by atoms with Crippen LogP contribution in [-0.4, -0.2) is 35.8 Å². The maximum atomic E-state index is 11.8. The number of hydrogen-bond acceptors (Lipinski definition) is 6. The minimum atomic E-state index is -0.943. The molecule has 20 heavy (non-hydrogen) atoms. The Morgan fingerprint density at radius 2 is 2.00 bits per heavy atom. The number of carbonyl (C=O) groups is 3. The molecule has 3 amide bonds. The zero-order chi connectivity index (χ0) is 14.5. The van der Waals surface area contributed by atoms with Crippen LogP contribution in [0, 0.1) is 12.8 Å². The smallest absolute Gasteiger partial charge is 0.316 e. The van der Waals surface area contributed by atoms with E-state index in [4.69, 9.17) is 0 Å². The fraction of sp³-hybridized carbons (Fsp3) is 0.500. The van der Waals surface area contributed by atoms with Crippen LogP contribution in [0.1, 0.15) is 18.5 Å². The maximum Gasteiger partial charge on any atom is 0.316 e. The molecule has 2 heterocycles. The molecule has 0 atom stereocenters. The molecule has 7 nitrogen and oxygen atoms in total. The standard InChI is InChI=1S/C12H16N4O3S/c1-7-6-20-12(14-7)16-11(19)10(18)15-9(17)8-2-4-13-5-3-8/h6,8,13H,2-5H2,1H3,(H,14,16,19)(H,15,17,18). The topological polar surface area (TPSA) is 100 Å². The lowest BCUT2D eigenvalue weighted by Gasteiger charge is -2.21. The summed E-state index contributed by atoms with van der Waals surface area (Å²) in [7, 11) is 0. The number of anilines is 1. The molecule has 1 aromatic heterocycles. The summed E-state index contributed by atoms with van der Waals surface area (Å²) in [4.78, 5) is 39.1. The van der Waals surface area contributed by atoms with Gasteiger partial charge in [0.25, 0.3) is 0 Å². The number of amides is 3. The Morgan fingerprint density at radius 3 is 2.60 bits per heavy atom. The van der Waals surface area contributed by atoms with Crippen molar-refractivity contribution in [2.45, 2.75) is 19.8 Å². The van der Waals surface area contributed by atoms with Gasteiger partial charge in [0.1, 0.15) is 0 Å². The van der Waals surface area contributed by atoms with Crippen LogP contribution in [0.2, 0.25) is 0 Å². The summed E-state index contributed by atoms with van der Waals surface area (Å²) < 4.78 is 0. The van der Waals surface area contributed by atoms with Gasteiger partial charge in [-0.2, -0.15) is 0 Å². The number of thiazole rings is 1. The first kappa shape index (κ1) is 14.6. The van der Waals surface area contributed by atoms with Crippen molar-refractivity contribution in [1.82, 2.24) is 15.6 Å². The number of nitrogens with zero attached hydrogens (tertiary/aromatic N) is 1. The molecule has 2 rings (SSSR count). The second-order valence-electron chi connectivity index (χ2n) is 4.59. The molecule has 0 saturated carbocycles. The van der Waals surface area contributed by atoms with Crippen molar-refractivity contribution < 1.29 is 14.4 Å². The van der Waals surface area contributed by atoms with E-state index in [-0.39, 0.29) is 11.8 Å². The average molecular weight is 296 g/mol. The Kier molecular flexibility index (Phi) is 4.80. The summed E-state index contributed by atoms with van der Waals surface area (Å²) in [6, 6.07) is 0. The lowest BCUT2D eigenvalue weighted by atomic mass is 9.97. The molecule has 8 heteroatoms. The predicted octanol–water partition coefficient (Wildman–Crippen LogP) is 0.0324. The first-order chi connectivity index (χ1) is 9.56. The van der Waals surface area contributed by atoms with Crippen LogP contribution in [0.25, 0.3) is 0 Å². The highest BCUT2D eigenvalue weighted by Crippen LogP contribution is 2.14. The van der Waals surface area contributed by atoms with E-state index in [1.807, 2.05) is 0 Å². The Bertz CT molecular complexity index is 523. The lowest BCUT2D eigenvalue weighted by Crippen LogP contribution is -2.44. The second-order valence-corrected chi connectivity index (χ2v) is 5.45. The number of hydrogen-bond donors (Lipinski definition) is 3. The summed E-state index contributed by atoms with van der Waals surface area (Å²) in [5.41, 5.74) is 0.761. The number of piperidine rings is 1. The minimum Gasteiger partial charge on any atom is -0.317 e. The highest BCUT2D eigenvalue weighted by atomic mass is 32.1. The van der Waals surface area contributed by atoms with Crippen molar-refractivity contribution in [3.63, 3.8) is 0 Å². The van der Waals surface area contributed by atoms with Gasteiger partial charge in [0.05, 0.1) is 5.69 Å². The van der Waals surface area contributed by atoms with E-state index >= 15 is 0 Å². The minimum absolute atomic E-state index is 0.213. The third-order valence-electron chi connectivity index (χ3n) is 2.99. The molecule has 0 unspecified atom stereocenters. The largest absolute Gasteiger partial charge is 0.317 e. The van der Waals surface area contributed by atoms with Gasteiger partial charge in [-0.15, -0.1) is 11.3 Å². The predicted molar refractivity (Wildman–Crippen MR) is 74.2 cm³/mol. The van der Waals surface area contributed by atoms with Crippen LogP contribution in [-0.2, 0) is 14.4 Å². The molecule has 0 aromatic carbocycles. The van der Waals surface area contributed by atoms with E-state index in [0.717, 1.165) is 18.8 Å². The highest BCUT2D eigenvalue weighted by molar-refractivity contribution is 7.14. The molecule has 0 bridgehead atoms. The van der Waals surface area contributed by atoms with Gasteiger partial charge in [0, 0.05) is 11.3 Å². The average Bonchev–Trinajstić information content (AvgIpc) is 2.85. The van der Waals surface area contributed by atoms with E-state index in [1.54, 1.807) is 12.3 Å². The summed E-state index contributed by atoms with van der Waals surface area (Å²) >= 11 is 1.23. The summed E-state index contributed by atoms with van der Waals surface area (Å²) in [5, 5.41) is 9.73. The molecule has 0 spiro atoms. The molecule has 0 radical (unpaired) electrons. The number of aryl methyl sites for hydroxylation is 1. The Hall–Kier alpha value is -1.80. The van der Waals surface area contributed by atoms with E-state index in [9.17, 15) is 14.4 Å². The Balaban J connectivity index is 1.84. The van der Waals surface area contributed by atoms with Crippen LogP contribution in [0.15, 0.2) is 5.38 Å². The van der Waals surface area contributed by atoms with Gasteiger partial charge in [-0.1, -0.05) is 0 Å². The molecule has 1 saturated heterocycles. The van der Waals surface area contributed by atoms with E-state index in [2.05, 4.69) is 20.9 Å². The molecular weight excluding hydrogens is 280 g/mol. The fourth-order valence-corrected chi connectivity index (χ4v) is 2.60. The monoisotopic (exact) mass is 296 g/mol. The van der Waals surface area contributed by atoms with Crippen LogP contribution >= 0.6 is 11.3 Å². The van der Waals surface area contributed by atoms with Crippen molar-refractivity contribution in [3.05, 3.63) is 11.1 Å². The van der Waals surface area contributed by atoms with E-state index in [1.165, 1.54) is 11.3 Å². The van der Waals surface area contributed by atoms with Gasteiger partial charge in [-0.25, -0.2) is 4.98 Å². The van der Waals surface area contributed by atoms with Crippen LogP contribution in [0.3, 0.4) is 0 Å². The number of rotatable bonds is 2. The van der Waals surface area contributed by atoms with Crippen molar-refractivity contribution in [2.24, 2.45) is 5.92 Å². The van der Waals surface area contributed by atoms with Gasteiger partial charge >= 0.3 is 11.8 Å². The number of aromatic nitrogens is 1. The van der Waals surface area contributed by atoms with Crippen LogP contribution < -0.4 is 16.0 Å². The Labute approximate surface area is 120 Å². The zero-order valence-electron chi connectivity index (χ0n) is 11.1. The summed E-state index contributed by atoms with van der Waals surface area (Å²) in [5.74, 6) is -2.42. The molecule has 1 aliphatic heterocycles. The van der Waals surface area contributed by atoms with Crippen molar-refractivity contribution in [2.75, 3.05) is 18.4 Å². The van der Waals surface area contributed by atoms with E-state index in [0.29, 0.717) is 18.0 Å². The molecule has 1 fully saturated rings. The van der Waals surface area contributed by atoms with Crippen LogP contribution in [0.4, 0.5) is 5.13 Å². The molecule has 108 valence electrons. The van der Waals surface area contributed by atoms with Gasteiger partial charge in [0.2, 0.25) is 5.91 Å². The van der Waals surface area contributed by atoms with Crippen LogP contribution in [0.5, 0.6) is 0 Å². The molecule has 0 aliphatic carbocycles. The maximum absolute atomic E-state index is 11.8. The third kappa shape index (κ3) is 3.84. The Morgan fingerprint density at radius 1 is 1.30 bits per heavy atom. The zero-order valence-corrected chi connectivity index (χ0v) is 11.9. The second kappa shape index (κ2) is 6.58. The van der Waals surface area contributed by atoms with E-state index < -0.39 is 11.8 Å².